The standard InChI is InChI=1S/C40H51F3N4O9S/c1-23-9-7-8-10-25-19-39(25,36(51)46-57(52,53)38(5)13-14-38)20-32(48)31-17-27(55-33-21-44-29-12-11-26(54-6)16-30(29)45-33)22-47(31)35(50)28(24(2)15-23)18-34(49)56-37(3,4)40(41,42)43/h8,10-12,16,21,23-25,27-28,31H,7,9,13-15,17-20,22H2,1-6H3,(H,46,51)/b10-8-/t23-,24-,25-,27-,28+,31+,39-/m1/s1. The molecule has 2 amide bonds. The Kier molecular flexibility index (Phi) is 11.5. The van der Waals surface area contributed by atoms with Gasteiger partial charge >= 0.3 is 12.1 Å². The number of ketones is 1. The number of nitrogens with zero attached hydrogens (tertiary/aromatic N) is 3. The van der Waals surface area contributed by atoms with Crippen molar-refractivity contribution in [1.29, 1.82) is 0 Å². The first-order chi connectivity index (χ1) is 26.6. The van der Waals surface area contributed by atoms with Gasteiger partial charge in [0.05, 0.1) is 59.4 Å². The van der Waals surface area contributed by atoms with Crippen molar-refractivity contribution >= 4 is 44.6 Å². The number of halogens is 3. The van der Waals surface area contributed by atoms with Crippen LogP contribution in [-0.2, 0) is 33.9 Å². The van der Waals surface area contributed by atoms with E-state index in [1.807, 2.05) is 19.1 Å². The van der Waals surface area contributed by atoms with Crippen LogP contribution in [0.1, 0.15) is 92.4 Å². The largest absolute Gasteiger partial charge is 0.497 e. The van der Waals surface area contributed by atoms with Gasteiger partial charge in [-0.05, 0) is 89.2 Å². The lowest BCUT2D eigenvalue weighted by molar-refractivity contribution is -0.257. The van der Waals surface area contributed by atoms with Gasteiger partial charge < -0.3 is 19.1 Å². The zero-order valence-electron chi connectivity index (χ0n) is 33.1. The molecule has 6 rings (SSSR count). The summed E-state index contributed by atoms with van der Waals surface area (Å²) in [5, 5.41) is 0. The Labute approximate surface area is 330 Å². The maximum absolute atomic E-state index is 14.8. The number of fused-ring (bicyclic) bond motifs is 3. The second-order valence-corrected chi connectivity index (χ2v) is 19.4. The lowest BCUT2D eigenvalue weighted by atomic mass is 9.82. The summed E-state index contributed by atoms with van der Waals surface area (Å²) >= 11 is 0. The zero-order chi connectivity index (χ0) is 41.7. The fourth-order valence-electron chi connectivity index (χ4n) is 7.98. The second-order valence-electron chi connectivity index (χ2n) is 17.2. The summed E-state index contributed by atoms with van der Waals surface area (Å²) in [5.41, 5.74) is -3.17. The molecule has 3 fully saturated rings. The number of allylic oxidation sites excluding steroid dienone is 2. The van der Waals surface area contributed by atoms with Crippen molar-refractivity contribution in [1.82, 2.24) is 19.6 Å². The molecule has 4 aliphatic rings. The summed E-state index contributed by atoms with van der Waals surface area (Å²) in [7, 11) is -2.52. The predicted molar refractivity (Wildman–Crippen MR) is 201 cm³/mol. The highest BCUT2D eigenvalue weighted by Gasteiger charge is 2.63. The Bertz CT molecular complexity index is 2050. The average molecular weight is 821 g/mol. The Morgan fingerprint density at radius 2 is 1.81 bits per heavy atom. The van der Waals surface area contributed by atoms with Gasteiger partial charge in [-0.15, -0.1) is 0 Å². The molecule has 1 aromatic heterocycles. The SMILES string of the molecule is COc1ccc2ncc(O[C@@H]3C[C@H]4C(=O)C[C@]5(C(=O)NS(=O)(=O)C6(C)CC6)C[C@H]5/C=C\CC[C@@H](C)C[C@@H](C)[C@H](CC(=O)OC(C)(C)C(F)(F)F)C(=O)N4C3)nc2c1. The highest BCUT2D eigenvalue weighted by atomic mass is 32.2. The van der Waals surface area contributed by atoms with Crippen molar-refractivity contribution in [2.24, 2.45) is 29.1 Å². The number of rotatable bonds is 9. The zero-order valence-corrected chi connectivity index (χ0v) is 33.9. The van der Waals surface area contributed by atoms with Crippen LogP contribution in [0.25, 0.3) is 11.0 Å². The lowest BCUT2D eigenvalue weighted by Gasteiger charge is -2.33. The van der Waals surface area contributed by atoms with Gasteiger partial charge in [0.25, 0.3) is 0 Å². The highest BCUT2D eigenvalue weighted by Crippen LogP contribution is 2.57. The maximum Gasteiger partial charge on any atom is 0.427 e. The molecule has 3 heterocycles. The summed E-state index contributed by atoms with van der Waals surface area (Å²) < 4.78 is 85.2. The molecule has 1 N–H and O–H groups in total. The minimum atomic E-state index is -4.87. The summed E-state index contributed by atoms with van der Waals surface area (Å²) in [6, 6.07) is 3.94. The van der Waals surface area contributed by atoms with E-state index in [0.29, 0.717) is 48.9 Å². The summed E-state index contributed by atoms with van der Waals surface area (Å²) in [5.74, 6) is -4.60. The molecular weight excluding hydrogens is 770 g/mol. The molecule has 1 aromatic carbocycles. The van der Waals surface area contributed by atoms with Crippen LogP contribution in [0, 0.1) is 29.1 Å². The van der Waals surface area contributed by atoms with Crippen LogP contribution < -0.4 is 14.2 Å². The van der Waals surface area contributed by atoms with Crippen molar-refractivity contribution in [2.75, 3.05) is 13.7 Å². The third kappa shape index (κ3) is 8.92. The molecule has 0 spiro atoms. The molecule has 0 bridgehead atoms. The van der Waals surface area contributed by atoms with E-state index in [4.69, 9.17) is 14.2 Å². The van der Waals surface area contributed by atoms with E-state index >= 15 is 0 Å². The van der Waals surface area contributed by atoms with Crippen LogP contribution in [0.5, 0.6) is 11.6 Å². The Hall–Kier alpha value is -4.28. The fraction of sp³-hybridized carbons (Fsp3) is 0.650. The number of hydrogen-bond donors (Lipinski definition) is 1. The molecule has 2 aromatic rings. The Balaban J connectivity index is 1.34. The Morgan fingerprint density at radius 3 is 2.47 bits per heavy atom. The van der Waals surface area contributed by atoms with E-state index in [9.17, 15) is 40.8 Å². The van der Waals surface area contributed by atoms with E-state index < -0.39 is 91.8 Å². The van der Waals surface area contributed by atoms with E-state index in [0.717, 1.165) is 13.8 Å². The number of sulfonamides is 1. The number of ether oxygens (including phenoxy) is 3. The molecule has 57 heavy (non-hydrogen) atoms. The number of nitrogens with one attached hydrogen (secondary N) is 1. The fourth-order valence-corrected chi connectivity index (χ4v) is 9.31. The van der Waals surface area contributed by atoms with Crippen LogP contribution in [-0.4, -0.2) is 89.2 Å². The van der Waals surface area contributed by atoms with Gasteiger partial charge in [0.2, 0.25) is 33.3 Å². The quantitative estimate of drug-likeness (QED) is 0.238. The van der Waals surface area contributed by atoms with Gasteiger partial charge in [0.1, 0.15) is 11.9 Å². The summed E-state index contributed by atoms with van der Waals surface area (Å²) in [4.78, 5) is 66.7. The normalized spacial score (nSPS) is 29.9. The molecule has 2 saturated carbocycles. The number of benzene rings is 1. The molecule has 2 aliphatic carbocycles. The van der Waals surface area contributed by atoms with Crippen LogP contribution in [0.2, 0.25) is 0 Å². The molecular formula is C40H51F3N4O9S. The van der Waals surface area contributed by atoms with Crippen LogP contribution in [0.15, 0.2) is 36.5 Å². The number of carbonyl (C=O) groups is 4. The van der Waals surface area contributed by atoms with E-state index in [1.165, 1.54) is 18.2 Å². The van der Waals surface area contributed by atoms with E-state index in [1.54, 1.807) is 32.0 Å². The van der Waals surface area contributed by atoms with Crippen molar-refractivity contribution in [2.45, 2.75) is 121 Å². The molecule has 7 atom stereocenters. The highest BCUT2D eigenvalue weighted by molar-refractivity contribution is 7.91. The molecule has 1 saturated heterocycles. The predicted octanol–water partition coefficient (Wildman–Crippen LogP) is 5.85. The maximum atomic E-state index is 14.8. The van der Waals surface area contributed by atoms with E-state index in [2.05, 4.69) is 14.7 Å². The summed E-state index contributed by atoms with van der Waals surface area (Å²) in [6.45, 7) is 6.61. The first kappa shape index (κ1) is 42.3. The van der Waals surface area contributed by atoms with Gasteiger partial charge in [-0.1, -0.05) is 26.0 Å². The number of esters is 1. The van der Waals surface area contributed by atoms with Gasteiger partial charge in [-0.2, -0.15) is 13.2 Å². The van der Waals surface area contributed by atoms with Crippen LogP contribution in [0.3, 0.4) is 0 Å². The smallest absolute Gasteiger partial charge is 0.427 e. The van der Waals surface area contributed by atoms with Crippen molar-refractivity contribution in [3.05, 3.63) is 36.5 Å². The molecule has 312 valence electrons. The van der Waals surface area contributed by atoms with Crippen molar-refractivity contribution in [3.63, 3.8) is 0 Å². The lowest BCUT2D eigenvalue weighted by Crippen LogP contribution is -2.48. The van der Waals surface area contributed by atoms with E-state index in [-0.39, 0.29) is 37.6 Å². The second kappa shape index (κ2) is 15.5. The monoisotopic (exact) mass is 820 g/mol. The van der Waals surface area contributed by atoms with Gasteiger partial charge in [-0.3, -0.25) is 23.9 Å². The third-order valence-electron chi connectivity index (χ3n) is 12.2. The molecule has 0 radical (unpaired) electrons. The molecule has 13 nitrogen and oxygen atoms in total. The first-order valence-electron chi connectivity index (χ1n) is 19.4. The minimum Gasteiger partial charge on any atom is -0.497 e. The number of amides is 2. The third-order valence-corrected chi connectivity index (χ3v) is 14.4. The average Bonchev–Trinajstić information content (AvgIpc) is 4.01. The number of alkyl halides is 3. The molecule has 0 unspecified atom stereocenters. The Morgan fingerprint density at radius 1 is 1.09 bits per heavy atom. The molecule has 2 aliphatic heterocycles. The number of carbonyl (C=O) groups excluding carboxylic acids is 4. The summed E-state index contributed by atoms with van der Waals surface area (Å²) in [6.07, 6.45) is 1.10. The van der Waals surface area contributed by atoms with Crippen LogP contribution >= 0.6 is 0 Å². The number of methoxy groups -OCH3 is 1. The number of hydrogen-bond acceptors (Lipinski definition) is 11. The topological polar surface area (TPSA) is 171 Å². The minimum absolute atomic E-state index is 0.0154. The van der Waals surface area contributed by atoms with Gasteiger partial charge in [-0.25, -0.2) is 18.4 Å². The molecule has 17 heteroatoms. The van der Waals surface area contributed by atoms with Crippen molar-refractivity contribution < 1.29 is 55.0 Å². The van der Waals surface area contributed by atoms with Gasteiger partial charge in [0, 0.05) is 18.9 Å². The first-order valence-corrected chi connectivity index (χ1v) is 20.9. The number of Topliss-reactive ketones (excluding diaryl/α,β-unsaturated/α-hetero) is 1. The van der Waals surface area contributed by atoms with Gasteiger partial charge in [0.15, 0.2) is 5.78 Å². The van der Waals surface area contributed by atoms with Crippen LogP contribution in [0.4, 0.5) is 13.2 Å². The van der Waals surface area contributed by atoms with Crippen molar-refractivity contribution in [3.8, 4) is 11.6 Å². The number of aromatic nitrogens is 2.